The number of nitrogens with one attached hydrogen (secondary N) is 1. The minimum atomic E-state index is 0.373. The molecule has 4 rings (SSSR count). The molecular formula is C21H21N5O2. The molecule has 1 aliphatic rings. The number of anilines is 3. The number of nitrogens with two attached hydrogens (primary N) is 1. The van der Waals surface area contributed by atoms with Crippen molar-refractivity contribution in [3.8, 4) is 5.75 Å². The van der Waals surface area contributed by atoms with Gasteiger partial charge in [-0.25, -0.2) is 9.97 Å². The van der Waals surface area contributed by atoms with E-state index in [9.17, 15) is 0 Å². The molecule has 0 saturated carbocycles. The molecule has 7 heteroatoms. The van der Waals surface area contributed by atoms with Crippen molar-refractivity contribution in [1.29, 1.82) is 0 Å². The van der Waals surface area contributed by atoms with Crippen LogP contribution in [-0.2, 0) is 6.42 Å². The van der Waals surface area contributed by atoms with Crippen molar-refractivity contribution in [1.82, 2.24) is 15.1 Å². The van der Waals surface area contributed by atoms with E-state index in [1.807, 2.05) is 18.2 Å². The van der Waals surface area contributed by atoms with Crippen molar-refractivity contribution in [2.45, 2.75) is 19.8 Å². The Labute approximate surface area is 162 Å². The fraction of sp³-hybridized carbons (Fsp3) is 0.190. The van der Waals surface area contributed by atoms with Gasteiger partial charge < -0.3 is 20.3 Å². The van der Waals surface area contributed by atoms with Gasteiger partial charge in [-0.15, -0.1) is 0 Å². The van der Waals surface area contributed by atoms with Crippen LogP contribution in [0, 0.1) is 0 Å². The monoisotopic (exact) mass is 375 g/mol. The quantitative estimate of drug-likeness (QED) is 0.685. The Bertz CT molecular complexity index is 1110. The zero-order chi connectivity index (χ0) is 19.5. The molecule has 0 unspecified atom stereocenters. The normalized spacial score (nSPS) is 13.8. The fourth-order valence-corrected chi connectivity index (χ4v) is 3.09. The lowest BCUT2D eigenvalue weighted by Crippen LogP contribution is -2.04. The Hall–Kier alpha value is -3.61. The fourth-order valence-electron chi connectivity index (χ4n) is 3.09. The summed E-state index contributed by atoms with van der Waals surface area (Å²) in [5.74, 6) is 1.57. The Morgan fingerprint density at radius 1 is 1.25 bits per heavy atom. The van der Waals surface area contributed by atoms with Crippen LogP contribution in [0.25, 0.3) is 11.0 Å². The highest BCUT2D eigenvalue weighted by Gasteiger charge is 2.14. The minimum Gasteiger partial charge on any atom is -0.491 e. The Balaban J connectivity index is 1.63. The summed E-state index contributed by atoms with van der Waals surface area (Å²) >= 11 is 0. The number of allylic oxidation sites excluding steroid dienone is 6. The van der Waals surface area contributed by atoms with E-state index < -0.39 is 0 Å². The lowest BCUT2D eigenvalue weighted by molar-refractivity contribution is 0.408. The van der Waals surface area contributed by atoms with Gasteiger partial charge in [-0.1, -0.05) is 35.0 Å². The number of ether oxygens (including phenoxy) is 1. The molecule has 0 aliphatic heterocycles. The highest BCUT2D eigenvalue weighted by Crippen LogP contribution is 2.31. The number of fused-ring (bicyclic) bond motifs is 1. The minimum absolute atomic E-state index is 0.373. The number of benzene rings is 1. The van der Waals surface area contributed by atoms with E-state index in [2.05, 4.69) is 51.7 Å². The molecule has 7 nitrogen and oxygen atoms in total. The number of nitrogens with zero attached hydrogens (tertiary/aromatic N) is 3. The molecule has 3 aromatic rings. The molecule has 28 heavy (non-hydrogen) atoms. The average Bonchev–Trinajstić information content (AvgIpc) is 2.93. The van der Waals surface area contributed by atoms with Gasteiger partial charge in [-0.05, 0) is 31.1 Å². The summed E-state index contributed by atoms with van der Waals surface area (Å²) in [5.41, 5.74) is 10.5. The molecule has 142 valence electrons. The highest BCUT2D eigenvalue weighted by molar-refractivity contribution is 5.89. The summed E-state index contributed by atoms with van der Waals surface area (Å²) in [6, 6.07) is 5.57. The molecular weight excluding hydrogens is 354 g/mol. The average molecular weight is 375 g/mol. The van der Waals surface area contributed by atoms with Crippen molar-refractivity contribution in [2.75, 3.05) is 18.2 Å². The number of aromatic nitrogens is 3. The molecule has 0 atom stereocenters. The summed E-state index contributed by atoms with van der Waals surface area (Å²) < 4.78 is 10.9. The Morgan fingerprint density at radius 2 is 2.14 bits per heavy atom. The maximum atomic E-state index is 5.77. The molecule has 0 radical (unpaired) electrons. The summed E-state index contributed by atoms with van der Waals surface area (Å²) in [6.45, 7) is 2.12. The van der Waals surface area contributed by atoms with Crippen LogP contribution in [-0.4, -0.2) is 22.2 Å². The lowest BCUT2D eigenvalue weighted by Gasteiger charge is -2.13. The third-order valence-corrected chi connectivity index (χ3v) is 4.57. The second-order valence-electron chi connectivity index (χ2n) is 6.64. The van der Waals surface area contributed by atoms with Gasteiger partial charge in [0.1, 0.15) is 6.33 Å². The first-order valence-electron chi connectivity index (χ1n) is 8.96. The first-order chi connectivity index (χ1) is 13.6. The summed E-state index contributed by atoms with van der Waals surface area (Å²) in [5, 5.41) is 7.82. The van der Waals surface area contributed by atoms with Crippen LogP contribution in [0.4, 0.5) is 17.3 Å². The summed E-state index contributed by atoms with van der Waals surface area (Å²) in [6.07, 6.45) is 11.7. The first kappa shape index (κ1) is 17.8. The second kappa shape index (κ2) is 7.56. The maximum absolute atomic E-state index is 5.77. The van der Waals surface area contributed by atoms with Crippen LogP contribution in [0.15, 0.2) is 64.5 Å². The van der Waals surface area contributed by atoms with Crippen molar-refractivity contribution in [3.05, 3.63) is 65.7 Å². The predicted octanol–water partition coefficient (Wildman–Crippen LogP) is 4.33. The van der Waals surface area contributed by atoms with E-state index in [1.165, 1.54) is 17.5 Å². The zero-order valence-corrected chi connectivity index (χ0v) is 15.8. The van der Waals surface area contributed by atoms with Crippen LogP contribution in [0.3, 0.4) is 0 Å². The number of hydrogen-bond donors (Lipinski definition) is 2. The maximum Gasteiger partial charge on any atom is 0.183 e. The summed E-state index contributed by atoms with van der Waals surface area (Å²) in [4.78, 5) is 8.78. The SMILES string of the molecule is COc1c(CC2=CC=C(C)CC=C2)ncnc1Nc1ccc2c(N)noc2c1. The van der Waals surface area contributed by atoms with Gasteiger partial charge in [0, 0.05) is 18.2 Å². The van der Waals surface area contributed by atoms with Crippen LogP contribution in [0.2, 0.25) is 0 Å². The van der Waals surface area contributed by atoms with Crippen molar-refractivity contribution in [3.63, 3.8) is 0 Å². The molecule has 0 fully saturated rings. The van der Waals surface area contributed by atoms with Gasteiger partial charge in [0.05, 0.1) is 18.2 Å². The second-order valence-corrected chi connectivity index (χ2v) is 6.64. The standard InChI is InChI=1S/C21H21N5O2/c1-13-4-3-5-14(7-6-13)10-17-19(27-2)21(24-12-23-17)25-15-8-9-16-18(11-15)28-26-20(16)22/h3,5-9,11-12H,4,10H2,1-2H3,(H2,22,26)(H,23,24,25). The van der Waals surface area contributed by atoms with Crippen LogP contribution >= 0.6 is 0 Å². The van der Waals surface area contributed by atoms with Gasteiger partial charge >= 0.3 is 0 Å². The smallest absolute Gasteiger partial charge is 0.183 e. The highest BCUT2D eigenvalue weighted by atomic mass is 16.5. The van der Waals surface area contributed by atoms with Crippen LogP contribution in [0.5, 0.6) is 5.75 Å². The molecule has 3 N–H and O–H groups in total. The Morgan fingerprint density at radius 3 is 3.00 bits per heavy atom. The van der Waals surface area contributed by atoms with Gasteiger partial charge in [-0.2, -0.15) is 0 Å². The van der Waals surface area contributed by atoms with E-state index >= 15 is 0 Å². The van der Waals surface area contributed by atoms with Gasteiger partial charge in [0.2, 0.25) is 0 Å². The number of nitrogen functional groups attached to an aromatic ring is 1. The first-order valence-corrected chi connectivity index (χ1v) is 8.96. The number of rotatable bonds is 5. The largest absolute Gasteiger partial charge is 0.491 e. The summed E-state index contributed by atoms with van der Waals surface area (Å²) in [7, 11) is 1.62. The van der Waals surface area contributed by atoms with Crippen molar-refractivity contribution < 1.29 is 9.26 Å². The molecule has 1 aliphatic carbocycles. The Kier molecular flexibility index (Phi) is 4.80. The molecule has 0 saturated heterocycles. The van der Waals surface area contributed by atoms with E-state index in [0.717, 1.165) is 23.2 Å². The van der Waals surface area contributed by atoms with Gasteiger partial charge in [-0.3, -0.25) is 0 Å². The third-order valence-electron chi connectivity index (χ3n) is 4.57. The molecule has 2 aromatic heterocycles. The number of hydrogen-bond acceptors (Lipinski definition) is 7. The lowest BCUT2D eigenvalue weighted by atomic mass is 10.1. The van der Waals surface area contributed by atoms with Crippen LogP contribution < -0.4 is 15.8 Å². The van der Waals surface area contributed by atoms with Gasteiger partial charge in [0.25, 0.3) is 0 Å². The molecule has 1 aromatic carbocycles. The molecule has 0 amide bonds. The van der Waals surface area contributed by atoms with E-state index in [0.29, 0.717) is 29.4 Å². The van der Waals surface area contributed by atoms with Crippen LogP contribution in [0.1, 0.15) is 19.0 Å². The van der Waals surface area contributed by atoms with Crippen molar-refractivity contribution >= 4 is 28.3 Å². The topological polar surface area (TPSA) is 99.1 Å². The predicted molar refractivity (Wildman–Crippen MR) is 110 cm³/mol. The van der Waals surface area contributed by atoms with E-state index in [4.69, 9.17) is 15.0 Å². The van der Waals surface area contributed by atoms with Crippen molar-refractivity contribution in [2.24, 2.45) is 0 Å². The van der Waals surface area contributed by atoms with E-state index in [1.54, 1.807) is 7.11 Å². The molecule has 2 heterocycles. The molecule has 0 spiro atoms. The molecule has 0 bridgehead atoms. The number of methoxy groups -OCH3 is 1. The third kappa shape index (κ3) is 3.59. The zero-order valence-electron chi connectivity index (χ0n) is 15.8. The van der Waals surface area contributed by atoms with E-state index in [-0.39, 0.29) is 0 Å². The van der Waals surface area contributed by atoms with Gasteiger partial charge in [0.15, 0.2) is 23.0 Å².